The van der Waals surface area contributed by atoms with Crippen LogP contribution in [0.25, 0.3) is 11.0 Å². The fourth-order valence-electron chi connectivity index (χ4n) is 3.69. The number of likely N-dealkylation sites (N-methyl/N-ethyl adjacent to an activating group) is 1. The minimum Gasteiger partial charge on any atom is -0.494 e. The molecule has 1 aliphatic rings. The van der Waals surface area contributed by atoms with Gasteiger partial charge in [0, 0.05) is 38.8 Å². The third-order valence-electron chi connectivity index (χ3n) is 5.57. The number of carbonyl (C=O) groups is 1. The van der Waals surface area contributed by atoms with E-state index in [2.05, 4.69) is 25.3 Å². The third-order valence-corrected chi connectivity index (χ3v) is 5.89. The normalized spacial score (nSPS) is 16.3. The van der Waals surface area contributed by atoms with E-state index >= 15 is 0 Å². The summed E-state index contributed by atoms with van der Waals surface area (Å²) < 4.78 is 5.85. The molecule has 33 heavy (non-hydrogen) atoms. The molecule has 2 aromatic heterocycles. The molecule has 1 amide bonds. The van der Waals surface area contributed by atoms with Crippen molar-refractivity contribution in [2.24, 2.45) is 4.99 Å². The number of aromatic amines is 1. The highest BCUT2D eigenvalue weighted by Crippen LogP contribution is 2.32. The Bertz CT molecular complexity index is 1160. The predicted molar refractivity (Wildman–Crippen MR) is 129 cm³/mol. The molecule has 0 saturated heterocycles. The summed E-state index contributed by atoms with van der Waals surface area (Å²) in [5, 5.41) is 14.8. The maximum atomic E-state index is 12.4. The number of fused-ring (bicyclic) bond motifs is 2. The molecule has 3 heterocycles. The summed E-state index contributed by atoms with van der Waals surface area (Å²) >= 11 is 6.28. The zero-order valence-corrected chi connectivity index (χ0v) is 19.2. The Labute approximate surface area is 196 Å². The van der Waals surface area contributed by atoms with E-state index in [1.54, 1.807) is 36.4 Å². The first-order valence-corrected chi connectivity index (χ1v) is 11.4. The van der Waals surface area contributed by atoms with E-state index in [1.807, 2.05) is 0 Å². The first kappa shape index (κ1) is 22.8. The largest absolute Gasteiger partial charge is 0.494 e. The number of amides is 1. The van der Waals surface area contributed by atoms with Gasteiger partial charge in [0.1, 0.15) is 23.5 Å². The van der Waals surface area contributed by atoms with Crippen LogP contribution < -0.4 is 10.1 Å². The third kappa shape index (κ3) is 5.54. The Morgan fingerprint density at radius 2 is 2.03 bits per heavy atom. The molecule has 2 bridgehead atoms. The lowest BCUT2D eigenvalue weighted by Crippen LogP contribution is -2.31. The van der Waals surface area contributed by atoms with Gasteiger partial charge >= 0.3 is 0 Å². The number of aromatic nitrogens is 3. The van der Waals surface area contributed by atoms with E-state index in [-0.39, 0.29) is 11.8 Å². The molecule has 3 aromatic rings. The van der Waals surface area contributed by atoms with Gasteiger partial charge in [-0.1, -0.05) is 24.4 Å². The van der Waals surface area contributed by atoms with Gasteiger partial charge in [-0.05, 0) is 25.0 Å². The van der Waals surface area contributed by atoms with Crippen molar-refractivity contribution in [2.75, 3.05) is 32.1 Å². The van der Waals surface area contributed by atoms with E-state index in [0.29, 0.717) is 65.0 Å². The van der Waals surface area contributed by atoms with Crippen molar-refractivity contribution >= 4 is 46.3 Å². The van der Waals surface area contributed by atoms with Gasteiger partial charge in [-0.15, -0.1) is 0 Å². The smallest absolute Gasteiger partial charge is 0.222 e. The Hall–Kier alpha value is -3.33. The lowest BCUT2D eigenvalue weighted by Gasteiger charge is -2.18. The minimum atomic E-state index is -0.0582. The number of ether oxygens (including phenoxy) is 1. The number of hydrogen-bond acceptors (Lipinski definition) is 7. The summed E-state index contributed by atoms with van der Waals surface area (Å²) in [4.78, 5) is 30.0. The first-order chi connectivity index (χ1) is 16.0. The molecule has 0 saturated carbocycles. The molecular weight excluding hydrogens is 444 g/mol. The number of aromatic hydroxyl groups is 1. The summed E-state index contributed by atoms with van der Waals surface area (Å²) in [5.74, 6) is 1.17. The van der Waals surface area contributed by atoms with Crippen molar-refractivity contribution in [2.45, 2.75) is 32.1 Å². The number of aliphatic imine (C=N–C) groups is 1. The Balaban J connectivity index is 1.66. The monoisotopic (exact) mass is 470 g/mol. The van der Waals surface area contributed by atoms with Crippen LogP contribution in [0.5, 0.6) is 11.6 Å². The van der Waals surface area contributed by atoms with Crippen molar-refractivity contribution in [1.29, 1.82) is 0 Å². The number of anilines is 1. The molecule has 174 valence electrons. The second-order valence-electron chi connectivity index (χ2n) is 7.96. The van der Waals surface area contributed by atoms with Crippen molar-refractivity contribution < 1.29 is 14.6 Å². The van der Waals surface area contributed by atoms with Crippen LogP contribution in [0.15, 0.2) is 29.5 Å². The SMILES string of the molecule is CN1CCNc2ncnc3[nH]c(O)c(c23)C=Nc2ccc(Cl)c(c2)OCCCCCCC1=O. The Kier molecular flexibility index (Phi) is 7.29. The average Bonchev–Trinajstić information content (AvgIpc) is 3.13. The van der Waals surface area contributed by atoms with E-state index in [4.69, 9.17) is 16.3 Å². The summed E-state index contributed by atoms with van der Waals surface area (Å²) in [5.41, 5.74) is 1.59. The summed E-state index contributed by atoms with van der Waals surface area (Å²) in [6.45, 7) is 1.58. The van der Waals surface area contributed by atoms with Crippen LogP contribution in [0.2, 0.25) is 5.02 Å². The Morgan fingerprint density at radius 3 is 2.91 bits per heavy atom. The quantitative estimate of drug-likeness (QED) is 0.451. The maximum Gasteiger partial charge on any atom is 0.222 e. The molecule has 0 unspecified atom stereocenters. The van der Waals surface area contributed by atoms with Gasteiger partial charge in [0.2, 0.25) is 5.91 Å². The highest BCUT2D eigenvalue weighted by Gasteiger charge is 2.16. The van der Waals surface area contributed by atoms with Crippen LogP contribution in [-0.2, 0) is 4.79 Å². The Morgan fingerprint density at radius 1 is 1.18 bits per heavy atom. The number of nitrogens with one attached hydrogen (secondary N) is 2. The molecule has 9 nitrogen and oxygen atoms in total. The van der Waals surface area contributed by atoms with Gasteiger partial charge in [-0.25, -0.2) is 9.97 Å². The minimum absolute atomic E-state index is 0.0582. The number of H-pyrrole nitrogens is 1. The molecule has 1 aromatic carbocycles. The fourth-order valence-corrected chi connectivity index (χ4v) is 3.86. The predicted octanol–water partition coefficient (Wildman–Crippen LogP) is 4.28. The van der Waals surface area contributed by atoms with Crippen LogP contribution in [0.1, 0.15) is 37.7 Å². The number of hydrogen-bond donors (Lipinski definition) is 3. The van der Waals surface area contributed by atoms with E-state index in [9.17, 15) is 9.90 Å². The highest BCUT2D eigenvalue weighted by atomic mass is 35.5. The van der Waals surface area contributed by atoms with Gasteiger partial charge < -0.3 is 25.0 Å². The molecule has 0 aliphatic carbocycles. The van der Waals surface area contributed by atoms with Crippen molar-refractivity contribution in [3.05, 3.63) is 35.1 Å². The van der Waals surface area contributed by atoms with Crippen molar-refractivity contribution in [3.63, 3.8) is 0 Å². The van der Waals surface area contributed by atoms with Crippen LogP contribution in [0, 0.1) is 0 Å². The topological polar surface area (TPSA) is 116 Å². The average molecular weight is 471 g/mol. The molecule has 0 radical (unpaired) electrons. The van der Waals surface area contributed by atoms with Crippen LogP contribution in [-0.4, -0.2) is 63.8 Å². The first-order valence-electron chi connectivity index (χ1n) is 11.0. The van der Waals surface area contributed by atoms with Gasteiger partial charge in [-0.3, -0.25) is 9.79 Å². The second kappa shape index (κ2) is 10.5. The second-order valence-corrected chi connectivity index (χ2v) is 8.37. The number of rotatable bonds is 0. The number of halogens is 1. The molecule has 3 N–H and O–H groups in total. The molecule has 1 aliphatic heterocycles. The van der Waals surface area contributed by atoms with Crippen molar-refractivity contribution in [3.8, 4) is 11.6 Å². The van der Waals surface area contributed by atoms with E-state index in [1.165, 1.54) is 6.33 Å². The molecule has 0 atom stereocenters. The van der Waals surface area contributed by atoms with Crippen LogP contribution in [0.4, 0.5) is 11.5 Å². The zero-order valence-electron chi connectivity index (χ0n) is 18.5. The lowest BCUT2D eigenvalue weighted by atomic mass is 10.1. The van der Waals surface area contributed by atoms with E-state index in [0.717, 1.165) is 25.7 Å². The molecule has 10 heteroatoms. The van der Waals surface area contributed by atoms with Gasteiger partial charge in [0.05, 0.1) is 28.3 Å². The van der Waals surface area contributed by atoms with Crippen molar-refractivity contribution in [1.82, 2.24) is 19.9 Å². The zero-order chi connectivity index (χ0) is 23.2. The molecule has 0 fully saturated rings. The lowest BCUT2D eigenvalue weighted by molar-refractivity contribution is -0.129. The summed E-state index contributed by atoms with van der Waals surface area (Å²) in [7, 11) is 1.80. The standard InChI is InChI=1S/C23H27ClN6O3/c1-30-10-9-25-21-20-16(23(32)29-22(20)28-14-27-21)13-26-15-7-8-17(24)18(12-15)33-11-5-3-2-4-6-19(30)31/h7-8,12-14,32H,2-6,9-11H2,1H3,(H2,25,27,28,29). The van der Waals surface area contributed by atoms with Gasteiger partial charge in [-0.2, -0.15) is 0 Å². The highest BCUT2D eigenvalue weighted by molar-refractivity contribution is 6.32. The fraction of sp³-hybridized carbons (Fsp3) is 0.391. The molecule has 4 rings (SSSR count). The van der Waals surface area contributed by atoms with Crippen LogP contribution >= 0.6 is 11.6 Å². The van der Waals surface area contributed by atoms with E-state index < -0.39 is 0 Å². The number of nitrogens with zero attached hydrogens (tertiary/aromatic N) is 4. The molecular formula is C23H27ClN6O3. The van der Waals surface area contributed by atoms with Crippen LogP contribution in [0.3, 0.4) is 0 Å². The molecule has 0 spiro atoms. The number of carbonyl (C=O) groups excluding carboxylic acids is 1. The summed E-state index contributed by atoms with van der Waals surface area (Å²) in [6, 6.07) is 5.29. The van der Waals surface area contributed by atoms with Gasteiger partial charge in [0.15, 0.2) is 5.88 Å². The van der Waals surface area contributed by atoms with Gasteiger partial charge in [0.25, 0.3) is 0 Å². The number of benzene rings is 1. The summed E-state index contributed by atoms with van der Waals surface area (Å²) in [6.07, 6.45) is 7.17. The maximum absolute atomic E-state index is 12.4.